The Balaban J connectivity index is 4.65. The van der Waals surface area contributed by atoms with Crippen LogP contribution in [0.1, 0.15) is 40.5 Å². The number of nitrogens with zero attached hydrogens (tertiary/aromatic N) is 1. The molecule has 0 N–H and O–H groups in total. The number of esters is 1. The third-order valence-corrected chi connectivity index (χ3v) is 1.71. The summed E-state index contributed by atoms with van der Waals surface area (Å²) in [6, 6.07) is 1.90. The van der Waals surface area contributed by atoms with E-state index in [2.05, 4.69) is 0 Å². The van der Waals surface area contributed by atoms with E-state index < -0.39 is 5.97 Å². The van der Waals surface area contributed by atoms with Gasteiger partial charge in [0.05, 0.1) is 6.10 Å². The molecule has 0 heterocycles. The van der Waals surface area contributed by atoms with Gasteiger partial charge in [-0.25, -0.2) is 4.79 Å². The van der Waals surface area contributed by atoms with Gasteiger partial charge in [0.15, 0.2) is 0 Å². The van der Waals surface area contributed by atoms with E-state index in [0.717, 1.165) is 18.4 Å². The number of allylic oxidation sites excluding steroid dienone is 1. The largest absolute Gasteiger partial charge is 0.459 e. The zero-order chi connectivity index (χ0) is 11.1. The van der Waals surface area contributed by atoms with E-state index in [4.69, 9.17) is 10.00 Å². The summed E-state index contributed by atoms with van der Waals surface area (Å²) in [6.07, 6.45) is 1.50. The molecule has 0 amide bonds. The molecule has 0 aromatic heterocycles. The first kappa shape index (κ1) is 12.7. The van der Waals surface area contributed by atoms with Crippen LogP contribution in [0.2, 0.25) is 0 Å². The predicted octanol–water partition coefficient (Wildman–Crippen LogP) is 2.58. The van der Waals surface area contributed by atoms with Gasteiger partial charge in [0.25, 0.3) is 0 Å². The van der Waals surface area contributed by atoms with E-state index in [1.165, 1.54) is 0 Å². The van der Waals surface area contributed by atoms with Gasteiger partial charge in [0.2, 0.25) is 0 Å². The highest BCUT2D eigenvalue weighted by molar-refractivity contribution is 5.93. The maximum Gasteiger partial charge on any atom is 0.349 e. The van der Waals surface area contributed by atoms with Crippen LogP contribution in [-0.2, 0) is 9.53 Å². The van der Waals surface area contributed by atoms with E-state index in [-0.39, 0.29) is 11.7 Å². The highest BCUT2D eigenvalue weighted by Crippen LogP contribution is 2.12. The van der Waals surface area contributed by atoms with Crippen LogP contribution in [0.4, 0.5) is 0 Å². The molecule has 0 aromatic carbocycles. The molecule has 3 heteroatoms. The molecule has 14 heavy (non-hydrogen) atoms. The molecule has 78 valence electrons. The number of hydrogen-bond acceptors (Lipinski definition) is 3. The maximum absolute atomic E-state index is 11.4. The van der Waals surface area contributed by atoms with Gasteiger partial charge in [-0.2, -0.15) is 5.26 Å². The van der Waals surface area contributed by atoms with Gasteiger partial charge in [-0.15, -0.1) is 0 Å². The van der Waals surface area contributed by atoms with Gasteiger partial charge in [-0.05, 0) is 32.8 Å². The highest BCUT2D eigenvalue weighted by atomic mass is 16.5. The Morgan fingerprint density at radius 2 is 2.07 bits per heavy atom. The second-order valence-electron chi connectivity index (χ2n) is 3.47. The number of nitriles is 1. The number of ether oxygens (including phenoxy) is 1. The van der Waals surface area contributed by atoms with Crippen molar-refractivity contribution in [3.05, 3.63) is 11.1 Å². The van der Waals surface area contributed by atoms with Crippen molar-refractivity contribution in [1.29, 1.82) is 5.26 Å². The van der Waals surface area contributed by atoms with Gasteiger partial charge < -0.3 is 4.74 Å². The van der Waals surface area contributed by atoms with Crippen LogP contribution in [-0.4, -0.2) is 12.1 Å². The molecule has 0 radical (unpaired) electrons. The molecule has 0 saturated heterocycles. The summed E-state index contributed by atoms with van der Waals surface area (Å²) in [5.41, 5.74) is 0.959. The standard InChI is InChI=1S/C11H17NO2/c1-5-6-9(4)10(7-12)11(13)14-8(2)3/h8H,5-6H2,1-4H3/b10-9+. The molecule has 0 unspecified atom stereocenters. The van der Waals surface area contributed by atoms with Crippen LogP contribution < -0.4 is 0 Å². The number of carbonyl (C=O) groups excluding carboxylic acids is 1. The van der Waals surface area contributed by atoms with Crippen molar-refractivity contribution in [3.63, 3.8) is 0 Å². The van der Waals surface area contributed by atoms with Crippen molar-refractivity contribution in [2.24, 2.45) is 0 Å². The van der Waals surface area contributed by atoms with Crippen LogP contribution in [0.25, 0.3) is 0 Å². The number of hydrogen-bond donors (Lipinski definition) is 0. The molecular formula is C11H17NO2. The topological polar surface area (TPSA) is 50.1 Å². The summed E-state index contributed by atoms with van der Waals surface area (Å²) in [4.78, 5) is 11.4. The van der Waals surface area contributed by atoms with Crippen LogP contribution in [0.15, 0.2) is 11.1 Å². The molecule has 0 rings (SSSR count). The van der Waals surface area contributed by atoms with Gasteiger partial charge in [-0.1, -0.05) is 13.3 Å². The summed E-state index contributed by atoms with van der Waals surface area (Å²) >= 11 is 0. The molecule has 0 saturated carbocycles. The molecule has 0 bridgehead atoms. The van der Waals surface area contributed by atoms with Gasteiger partial charge in [0, 0.05) is 0 Å². The number of carbonyl (C=O) groups is 1. The lowest BCUT2D eigenvalue weighted by Crippen LogP contribution is -2.14. The Labute approximate surface area is 85.4 Å². The van der Waals surface area contributed by atoms with Crippen molar-refractivity contribution in [3.8, 4) is 6.07 Å². The molecule has 0 aliphatic rings. The van der Waals surface area contributed by atoms with Crippen LogP contribution in [0.3, 0.4) is 0 Å². The zero-order valence-corrected chi connectivity index (χ0v) is 9.26. The van der Waals surface area contributed by atoms with Gasteiger partial charge >= 0.3 is 5.97 Å². The SMILES string of the molecule is CCC/C(C)=C(\C#N)C(=O)OC(C)C. The summed E-state index contributed by atoms with van der Waals surface area (Å²) in [6.45, 7) is 7.33. The van der Waals surface area contributed by atoms with Gasteiger partial charge in [0.1, 0.15) is 11.6 Å². The van der Waals surface area contributed by atoms with Crippen LogP contribution >= 0.6 is 0 Å². The molecule has 3 nitrogen and oxygen atoms in total. The first-order valence-corrected chi connectivity index (χ1v) is 4.83. The molecule has 0 aliphatic heterocycles. The molecule has 0 aliphatic carbocycles. The summed E-state index contributed by atoms with van der Waals surface area (Å²) in [5, 5.41) is 8.80. The van der Waals surface area contributed by atoms with Crippen molar-refractivity contribution < 1.29 is 9.53 Å². The monoisotopic (exact) mass is 195 g/mol. The lowest BCUT2D eigenvalue weighted by molar-refractivity contribution is -0.142. The minimum absolute atomic E-state index is 0.153. The fraction of sp³-hybridized carbons (Fsp3) is 0.636. The fourth-order valence-corrected chi connectivity index (χ4v) is 1.09. The minimum atomic E-state index is -0.506. The molecule has 0 aromatic rings. The Bertz CT molecular complexity index is 272. The molecule has 0 atom stereocenters. The first-order chi connectivity index (χ1) is 6.52. The van der Waals surface area contributed by atoms with E-state index >= 15 is 0 Å². The molecule has 0 fully saturated rings. The smallest absolute Gasteiger partial charge is 0.349 e. The van der Waals surface area contributed by atoms with E-state index in [1.807, 2.05) is 13.0 Å². The second kappa shape index (κ2) is 6.20. The fourth-order valence-electron chi connectivity index (χ4n) is 1.09. The van der Waals surface area contributed by atoms with Gasteiger partial charge in [-0.3, -0.25) is 0 Å². The summed E-state index contributed by atoms with van der Waals surface area (Å²) < 4.78 is 4.95. The van der Waals surface area contributed by atoms with Crippen LogP contribution in [0, 0.1) is 11.3 Å². The predicted molar refractivity (Wildman–Crippen MR) is 54.4 cm³/mol. The zero-order valence-electron chi connectivity index (χ0n) is 9.26. The van der Waals surface area contributed by atoms with Crippen molar-refractivity contribution in [2.75, 3.05) is 0 Å². The highest BCUT2D eigenvalue weighted by Gasteiger charge is 2.14. The molecule has 0 spiro atoms. The summed E-state index contributed by atoms with van der Waals surface area (Å²) in [7, 11) is 0. The Morgan fingerprint density at radius 3 is 2.43 bits per heavy atom. The quantitative estimate of drug-likeness (QED) is 0.393. The van der Waals surface area contributed by atoms with Crippen LogP contribution in [0.5, 0.6) is 0 Å². The lowest BCUT2D eigenvalue weighted by Gasteiger charge is -2.08. The van der Waals surface area contributed by atoms with E-state index in [1.54, 1.807) is 20.8 Å². The van der Waals surface area contributed by atoms with E-state index in [9.17, 15) is 4.79 Å². The van der Waals surface area contributed by atoms with Crippen molar-refractivity contribution in [1.82, 2.24) is 0 Å². The average Bonchev–Trinajstić information content (AvgIpc) is 2.04. The third-order valence-electron chi connectivity index (χ3n) is 1.71. The Hall–Kier alpha value is -1.30. The Morgan fingerprint density at radius 1 is 1.50 bits per heavy atom. The Kier molecular flexibility index (Phi) is 5.62. The normalized spacial score (nSPS) is 12.0. The van der Waals surface area contributed by atoms with Crippen molar-refractivity contribution >= 4 is 5.97 Å². The lowest BCUT2D eigenvalue weighted by atomic mass is 10.1. The maximum atomic E-state index is 11.4. The average molecular weight is 195 g/mol. The number of rotatable bonds is 4. The minimum Gasteiger partial charge on any atom is -0.459 e. The second-order valence-corrected chi connectivity index (χ2v) is 3.47. The first-order valence-electron chi connectivity index (χ1n) is 4.83. The van der Waals surface area contributed by atoms with E-state index in [0.29, 0.717) is 0 Å². The third kappa shape index (κ3) is 4.08. The van der Waals surface area contributed by atoms with Crippen molar-refractivity contribution in [2.45, 2.75) is 46.6 Å². The summed E-state index contributed by atoms with van der Waals surface area (Å²) in [5.74, 6) is -0.506. The molecular weight excluding hydrogens is 178 g/mol.